The summed E-state index contributed by atoms with van der Waals surface area (Å²) in [6.45, 7) is 4.35. The van der Waals surface area contributed by atoms with Gasteiger partial charge in [0.1, 0.15) is 0 Å². The number of amides is 1. The summed E-state index contributed by atoms with van der Waals surface area (Å²) in [7, 11) is 1.35. The minimum atomic E-state index is -0.644. The molecule has 11 nitrogen and oxygen atoms in total. The van der Waals surface area contributed by atoms with Crippen molar-refractivity contribution in [3.8, 4) is 11.5 Å². The average molecular weight is 569 g/mol. The molecule has 3 aliphatic heterocycles. The quantitative estimate of drug-likeness (QED) is 0.320. The zero-order chi connectivity index (χ0) is 28.6. The molecule has 2 aromatic rings. The van der Waals surface area contributed by atoms with Gasteiger partial charge in [-0.1, -0.05) is 18.2 Å². The first-order valence-electron chi connectivity index (χ1n) is 13.8. The second-order valence-electron chi connectivity index (χ2n) is 10.00. The number of rotatable bonds is 11. The second-order valence-corrected chi connectivity index (χ2v) is 10.00. The van der Waals surface area contributed by atoms with Gasteiger partial charge in [0, 0.05) is 45.1 Å². The van der Waals surface area contributed by atoms with Crippen LogP contribution in [0.25, 0.3) is 0 Å². The minimum Gasteiger partial charge on any atom is -0.465 e. The molecule has 0 radical (unpaired) electrons. The van der Waals surface area contributed by atoms with Crippen molar-refractivity contribution in [2.45, 2.75) is 25.2 Å². The van der Waals surface area contributed by atoms with E-state index in [-0.39, 0.29) is 44.2 Å². The van der Waals surface area contributed by atoms with Gasteiger partial charge in [-0.05, 0) is 41.5 Å². The molecule has 0 spiro atoms. The normalized spacial score (nSPS) is 20.3. The van der Waals surface area contributed by atoms with Crippen molar-refractivity contribution in [1.29, 1.82) is 0 Å². The molecule has 0 aliphatic carbocycles. The van der Waals surface area contributed by atoms with Gasteiger partial charge in [-0.15, -0.1) is 0 Å². The Hall–Kier alpha value is -3.64. The summed E-state index contributed by atoms with van der Waals surface area (Å²) in [5.41, 5.74) is 2.53. The number of carbonyl (C=O) groups excluding carboxylic acids is 2. The number of piperazine rings is 1. The molecule has 0 aromatic heterocycles. The predicted octanol–water partition coefficient (Wildman–Crippen LogP) is 2.29. The zero-order valence-electron chi connectivity index (χ0n) is 23.2. The van der Waals surface area contributed by atoms with Gasteiger partial charge in [-0.25, -0.2) is 4.79 Å². The summed E-state index contributed by atoms with van der Waals surface area (Å²) in [4.78, 5) is 29.6. The molecule has 2 aromatic carbocycles. The number of carbonyl (C=O) groups is 2. The van der Waals surface area contributed by atoms with Crippen LogP contribution in [-0.2, 0) is 30.3 Å². The Morgan fingerprint density at radius 3 is 2.51 bits per heavy atom. The number of aliphatic hydroxyl groups is 1. The van der Waals surface area contributed by atoms with Crippen LogP contribution in [-0.4, -0.2) is 99.6 Å². The van der Waals surface area contributed by atoms with E-state index in [4.69, 9.17) is 33.5 Å². The number of methoxy groups -OCH3 is 1. The van der Waals surface area contributed by atoms with E-state index in [0.29, 0.717) is 31.7 Å². The number of hydrogen-bond donors (Lipinski definition) is 1. The van der Waals surface area contributed by atoms with E-state index in [1.807, 2.05) is 41.3 Å². The number of ether oxygens (including phenoxy) is 6. The van der Waals surface area contributed by atoms with Crippen molar-refractivity contribution in [2.75, 3.05) is 66.5 Å². The van der Waals surface area contributed by atoms with Gasteiger partial charge in [-0.2, -0.15) is 0 Å². The van der Waals surface area contributed by atoms with Gasteiger partial charge >= 0.3 is 5.97 Å². The molecule has 220 valence electrons. The number of hydrogen-bond acceptors (Lipinski definition) is 10. The minimum absolute atomic E-state index is 0.0606. The second kappa shape index (κ2) is 13.8. The Bertz CT molecular complexity index is 1220. The van der Waals surface area contributed by atoms with Gasteiger partial charge < -0.3 is 38.4 Å². The lowest BCUT2D eigenvalue weighted by Gasteiger charge is -2.36. The fourth-order valence-electron chi connectivity index (χ4n) is 5.09. The van der Waals surface area contributed by atoms with Gasteiger partial charge in [-0.3, -0.25) is 9.69 Å². The van der Waals surface area contributed by atoms with E-state index in [1.54, 1.807) is 12.1 Å². The molecular weight excluding hydrogens is 532 g/mol. The van der Waals surface area contributed by atoms with Crippen LogP contribution in [0.5, 0.6) is 11.5 Å². The summed E-state index contributed by atoms with van der Waals surface area (Å²) < 4.78 is 32.9. The maximum atomic E-state index is 13.6. The van der Waals surface area contributed by atoms with Gasteiger partial charge in [0.2, 0.25) is 13.1 Å². The van der Waals surface area contributed by atoms with Gasteiger partial charge in [0.05, 0.1) is 39.1 Å². The van der Waals surface area contributed by atoms with Crippen LogP contribution in [0.2, 0.25) is 0 Å². The van der Waals surface area contributed by atoms with Crippen LogP contribution in [0, 0.1) is 0 Å². The van der Waals surface area contributed by atoms with Crippen molar-refractivity contribution in [3.05, 3.63) is 71.0 Å². The molecule has 3 heterocycles. The number of aliphatic hydroxyl groups excluding tert-OH is 1. The molecule has 2 atom stereocenters. The van der Waals surface area contributed by atoms with Crippen LogP contribution < -0.4 is 9.47 Å². The first-order valence-corrected chi connectivity index (χ1v) is 13.8. The zero-order valence-corrected chi connectivity index (χ0v) is 23.2. The summed E-state index contributed by atoms with van der Waals surface area (Å²) in [6.07, 6.45) is 1.70. The maximum absolute atomic E-state index is 13.6. The van der Waals surface area contributed by atoms with E-state index in [1.165, 1.54) is 7.11 Å². The summed E-state index contributed by atoms with van der Waals surface area (Å²) in [6, 6.07) is 13.1. The Labute approximate surface area is 239 Å². The van der Waals surface area contributed by atoms with Gasteiger partial charge in [0.15, 0.2) is 17.3 Å². The summed E-state index contributed by atoms with van der Waals surface area (Å²) >= 11 is 0. The lowest BCUT2D eigenvalue weighted by atomic mass is 9.92. The van der Waals surface area contributed by atoms with Crippen molar-refractivity contribution < 1.29 is 43.1 Å². The molecule has 3 aliphatic rings. The summed E-state index contributed by atoms with van der Waals surface area (Å²) in [5, 5.41) is 8.91. The first kappa shape index (κ1) is 28.9. The third-order valence-corrected chi connectivity index (χ3v) is 7.30. The molecular formula is C30H36N2O9. The van der Waals surface area contributed by atoms with Crippen LogP contribution in [0.4, 0.5) is 0 Å². The van der Waals surface area contributed by atoms with E-state index >= 15 is 0 Å². The summed E-state index contributed by atoms with van der Waals surface area (Å²) in [5.74, 6) is 1.06. The molecule has 1 N–H and O–H groups in total. The molecule has 0 saturated carbocycles. The lowest BCUT2D eigenvalue weighted by Crippen LogP contribution is -2.49. The van der Waals surface area contributed by atoms with E-state index in [9.17, 15) is 9.59 Å². The number of esters is 1. The SMILES string of the molecule is COC(=O)c1ccc([C@@H]2C=C(C(=O)N3CCN(Cc4ccc5c(c4)OCO5)CC3)O[C@H](OCCOCCO)C2)cc1. The van der Waals surface area contributed by atoms with E-state index in [0.717, 1.165) is 42.3 Å². The van der Waals surface area contributed by atoms with Crippen LogP contribution in [0.1, 0.15) is 33.8 Å². The molecule has 5 rings (SSSR count). The smallest absolute Gasteiger partial charge is 0.337 e. The third-order valence-electron chi connectivity index (χ3n) is 7.30. The van der Waals surface area contributed by atoms with Crippen LogP contribution >= 0.6 is 0 Å². The number of benzene rings is 2. The molecule has 0 unspecified atom stereocenters. The molecule has 1 fully saturated rings. The number of allylic oxidation sites excluding steroid dienone is 1. The van der Waals surface area contributed by atoms with Crippen molar-refractivity contribution in [3.63, 3.8) is 0 Å². The molecule has 0 bridgehead atoms. The topological polar surface area (TPSA) is 116 Å². The Morgan fingerprint density at radius 1 is 0.976 bits per heavy atom. The highest BCUT2D eigenvalue weighted by Gasteiger charge is 2.32. The Balaban J connectivity index is 1.22. The fourth-order valence-corrected chi connectivity index (χ4v) is 5.09. The highest BCUT2D eigenvalue weighted by atomic mass is 16.7. The van der Waals surface area contributed by atoms with Crippen LogP contribution in [0.3, 0.4) is 0 Å². The number of fused-ring (bicyclic) bond motifs is 1. The molecule has 11 heteroatoms. The fraction of sp³-hybridized carbons (Fsp3) is 0.467. The van der Waals surface area contributed by atoms with Crippen molar-refractivity contribution in [1.82, 2.24) is 9.80 Å². The highest BCUT2D eigenvalue weighted by molar-refractivity contribution is 5.92. The Morgan fingerprint density at radius 2 is 1.76 bits per heavy atom. The highest BCUT2D eigenvalue weighted by Crippen LogP contribution is 2.34. The molecule has 1 saturated heterocycles. The van der Waals surface area contributed by atoms with Crippen LogP contribution in [0.15, 0.2) is 54.3 Å². The van der Waals surface area contributed by atoms with Crippen molar-refractivity contribution in [2.24, 2.45) is 0 Å². The van der Waals surface area contributed by atoms with E-state index in [2.05, 4.69) is 4.90 Å². The third kappa shape index (κ3) is 7.36. The standard InChI is InChI=1S/C30H36N2O9/c1-36-30(35)23-5-3-22(4-6-23)24-17-27(41-28(18-24)38-15-14-37-13-12-33)29(34)32-10-8-31(9-11-32)19-21-2-7-25-26(16-21)40-20-39-25/h2-7,16-17,24,28,33H,8-15,18-20H2,1H3/t24-,28+/m1/s1. The van der Waals surface area contributed by atoms with Gasteiger partial charge in [0.25, 0.3) is 5.91 Å². The molecule has 1 amide bonds. The van der Waals surface area contributed by atoms with E-state index < -0.39 is 12.3 Å². The van der Waals surface area contributed by atoms with Crippen molar-refractivity contribution >= 4 is 11.9 Å². The monoisotopic (exact) mass is 568 g/mol. The predicted molar refractivity (Wildman–Crippen MR) is 146 cm³/mol. The number of nitrogens with zero attached hydrogens (tertiary/aromatic N) is 2. The Kier molecular flexibility index (Phi) is 9.73. The largest absolute Gasteiger partial charge is 0.465 e. The lowest BCUT2D eigenvalue weighted by molar-refractivity contribution is -0.157. The first-order chi connectivity index (χ1) is 20.0. The average Bonchev–Trinajstić information content (AvgIpc) is 3.48. The molecule has 41 heavy (non-hydrogen) atoms. The maximum Gasteiger partial charge on any atom is 0.337 e.